The molecule has 0 unspecified atom stereocenters. The van der Waals surface area contributed by atoms with E-state index in [4.69, 9.17) is 4.74 Å². The number of rotatable bonds is 0. The predicted octanol–water partition coefficient (Wildman–Crippen LogP) is -2.13. The van der Waals surface area contributed by atoms with Crippen molar-refractivity contribution in [1.29, 1.82) is 0 Å². The minimum atomic E-state index is 0. The van der Waals surface area contributed by atoms with Crippen molar-refractivity contribution in [2.45, 2.75) is 12.8 Å². The minimum Gasteiger partial charge on any atom is -1.00 e. The SMILES string of the molecule is C1CCOC1.[CH3-].[I-].[Mg+2]. The van der Waals surface area contributed by atoms with E-state index in [1.54, 1.807) is 0 Å². The third kappa shape index (κ3) is 7.46. The molecule has 1 heterocycles. The summed E-state index contributed by atoms with van der Waals surface area (Å²) in [6.07, 6.45) is 2.56. The Morgan fingerprint density at radius 1 is 1.00 bits per heavy atom. The quantitative estimate of drug-likeness (QED) is 0.266. The van der Waals surface area contributed by atoms with E-state index < -0.39 is 0 Å². The number of hydrogen-bond donors (Lipinski definition) is 0. The van der Waals surface area contributed by atoms with Crippen molar-refractivity contribution >= 4 is 23.1 Å². The average molecular weight is 238 g/mol. The van der Waals surface area contributed by atoms with Crippen molar-refractivity contribution in [3.8, 4) is 0 Å². The summed E-state index contributed by atoms with van der Waals surface area (Å²) in [6.45, 7) is 2.00. The van der Waals surface area contributed by atoms with E-state index in [1.165, 1.54) is 12.8 Å². The molecule has 0 radical (unpaired) electrons. The Balaban J connectivity index is -0.0000000833. The van der Waals surface area contributed by atoms with Crippen LogP contribution in [0.3, 0.4) is 0 Å². The molecule has 0 saturated carbocycles. The molecule has 46 valence electrons. The van der Waals surface area contributed by atoms with Gasteiger partial charge in [-0.25, -0.2) is 0 Å². The smallest absolute Gasteiger partial charge is 1.00 e. The molecule has 0 aromatic heterocycles. The summed E-state index contributed by atoms with van der Waals surface area (Å²) in [4.78, 5) is 0. The molecule has 1 saturated heterocycles. The molecule has 1 aliphatic rings. The second kappa shape index (κ2) is 11.3. The summed E-state index contributed by atoms with van der Waals surface area (Å²) >= 11 is 0. The molecule has 1 fully saturated rings. The van der Waals surface area contributed by atoms with Crippen LogP contribution in [0.4, 0.5) is 0 Å². The van der Waals surface area contributed by atoms with Gasteiger partial charge < -0.3 is 36.1 Å². The molecule has 0 bridgehead atoms. The van der Waals surface area contributed by atoms with Gasteiger partial charge in [0.05, 0.1) is 0 Å². The summed E-state index contributed by atoms with van der Waals surface area (Å²) in [6, 6.07) is 0. The first-order chi connectivity index (χ1) is 2.50. The van der Waals surface area contributed by atoms with E-state index in [9.17, 15) is 0 Å². The molecule has 0 atom stereocenters. The van der Waals surface area contributed by atoms with Crippen molar-refractivity contribution < 1.29 is 28.7 Å². The van der Waals surface area contributed by atoms with Gasteiger partial charge in [-0.05, 0) is 12.8 Å². The average Bonchev–Trinajstić information content (AvgIpc) is 1.76. The fraction of sp³-hybridized carbons (Fsp3) is 0.800. The van der Waals surface area contributed by atoms with Gasteiger partial charge in [0.15, 0.2) is 0 Å². The third-order valence-electron chi connectivity index (χ3n) is 0.827. The van der Waals surface area contributed by atoms with Crippen LogP contribution in [0.2, 0.25) is 0 Å². The second-order valence-electron chi connectivity index (χ2n) is 1.32. The summed E-state index contributed by atoms with van der Waals surface area (Å²) in [7, 11) is 0. The number of ether oxygens (including phenoxy) is 1. The Hall–Kier alpha value is 1.46. The molecule has 0 aliphatic carbocycles. The van der Waals surface area contributed by atoms with Crippen molar-refractivity contribution in [2.24, 2.45) is 0 Å². The molecule has 0 aromatic rings. The molecule has 1 rings (SSSR count). The third-order valence-corrected chi connectivity index (χ3v) is 0.827. The number of hydrogen-bond acceptors (Lipinski definition) is 1. The molecule has 0 N–H and O–H groups in total. The zero-order valence-corrected chi connectivity index (χ0v) is 8.89. The van der Waals surface area contributed by atoms with Crippen molar-refractivity contribution in [3.05, 3.63) is 7.43 Å². The van der Waals surface area contributed by atoms with Crippen LogP contribution in [0.25, 0.3) is 0 Å². The van der Waals surface area contributed by atoms with E-state index >= 15 is 0 Å². The Labute approximate surface area is 84.7 Å². The van der Waals surface area contributed by atoms with E-state index in [0.29, 0.717) is 0 Å². The van der Waals surface area contributed by atoms with Crippen LogP contribution in [0.1, 0.15) is 12.8 Å². The van der Waals surface area contributed by atoms with Gasteiger partial charge >= 0.3 is 23.1 Å². The zero-order valence-electron chi connectivity index (χ0n) is 5.32. The first-order valence-corrected chi connectivity index (χ1v) is 2.08. The number of halogens is 1. The topological polar surface area (TPSA) is 9.23 Å². The van der Waals surface area contributed by atoms with Crippen LogP contribution in [0, 0.1) is 7.43 Å². The molecule has 8 heavy (non-hydrogen) atoms. The van der Waals surface area contributed by atoms with Gasteiger partial charge in [-0.1, -0.05) is 0 Å². The maximum atomic E-state index is 4.94. The van der Waals surface area contributed by atoms with Gasteiger partial charge in [0.25, 0.3) is 0 Å². The molecule has 1 aliphatic heterocycles. The van der Waals surface area contributed by atoms with Crippen molar-refractivity contribution in [1.82, 2.24) is 0 Å². The van der Waals surface area contributed by atoms with Crippen LogP contribution in [0.5, 0.6) is 0 Å². The molecule has 1 nitrogen and oxygen atoms in total. The standard InChI is InChI=1S/C4H8O.CH3.HI.Mg/c1-2-4-5-3-1;;;/h1-4H2;1H3;1H;/q;-1;;+2/p-1. The zero-order chi connectivity index (χ0) is 3.54. The normalized spacial score (nSPS) is 15.0. The van der Waals surface area contributed by atoms with E-state index in [1.807, 2.05) is 0 Å². The van der Waals surface area contributed by atoms with Crippen LogP contribution in [0.15, 0.2) is 0 Å². The first-order valence-electron chi connectivity index (χ1n) is 2.08. The van der Waals surface area contributed by atoms with Gasteiger partial charge in [-0.15, -0.1) is 0 Å². The minimum absolute atomic E-state index is 0. The van der Waals surface area contributed by atoms with E-state index in [0.717, 1.165) is 13.2 Å². The molecule has 0 aromatic carbocycles. The molecular weight excluding hydrogens is 227 g/mol. The monoisotopic (exact) mass is 238 g/mol. The Bertz CT molecular complexity index is 24.0. The van der Waals surface area contributed by atoms with Gasteiger partial charge in [0, 0.05) is 13.2 Å². The summed E-state index contributed by atoms with van der Waals surface area (Å²) < 4.78 is 4.94. The van der Waals surface area contributed by atoms with E-state index in [-0.39, 0.29) is 54.5 Å². The molecule has 3 heteroatoms. The van der Waals surface area contributed by atoms with Crippen LogP contribution in [-0.4, -0.2) is 36.3 Å². The first kappa shape index (κ1) is 16.2. The van der Waals surface area contributed by atoms with Crippen LogP contribution in [-0.2, 0) is 4.74 Å². The Kier molecular flexibility index (Phi) is 22.9. The molecule has 0 amide bonds. The van der Waals surface area contributed by atoms with Crippen LogP contribution >= 0.6 is 0 Å². The molecule has 0 spiro atoms. The van der Waals surface area contributed by atoms with Gasteiger partial charge in [0.2, 0.25) is 0 Å². The fourth-order valence-electron chi connectivity index (χ4n) is 0.510. The van der Waals surface area contributed by atoms with Gasteiger partial charge in [-0.2, -0.15) is 0 Å². The summed E-state index contributed by atoms with van der Waals surface area (Å²) in [5, 5.41) is 0. The van der Waals surface area contributed by atoms with Gasteiger partial charge in [-0.3, -0.25) is 0 Å². The Morgan fingerprint density at radius 3 is 1.50 bits per heavy atom. The summed E-state index contributed by atoms with van der Waals surface area (Å²) in [5.74, 6) is 0. The maximum absolute atomic E-state index is 4.94. The van der Waals surface area contributed by atoms with Gasteiger partial charge in [0.1, 0.15) is 0 Å². The van der Waals surface area contributed by atoms with Crippen molar-refractivity contribution in [2.75, 3.05) is 13.2 Å². The fourth-order valence-corrected chi connectivity index (χ4v) is 0.510. The molecular formula is C5H11IMgO. The Morgan fingerprint density at radius 2 is 1.38 bits per heavy atom. The summed E-state index contributed by atoms with van der Waals surface area (Å²) in [5.41, 5.74) is 0. The largest absolute Gasteiger partial charge is 2.00 e. The predicted molar refractivity (Wildman–Crippen MR) is 32.2 cm³/mol. The maximum Gasteiger partial charge on any atom is 2.00 e. The van der Waals surface area contributed by atoms with Crippen molar-refractivity contribution in [3.63, 3.8) is 0 Å². The van der Waals surface area contributed by atoms with E-state index in [2.05, 4.69) is 0 Å². The second-order valence-corrected chi connectivity index (χ2v) is 1.32. The van der Waals surface area contributed by atoms with Crippen LogP contribution < -0.4 is 24.0 Å².